The van der Waals surface area contributed by atoms with Gasteiger partial charge in [-0.05, 0) is 37.3 Å². The van der Waals surface area contributed by atoms with E-state index in [0.29, 0.717) is 24.1 Å². The Morgan fingerprint density at radius 2 is 2.15 bits per heavy atom. The average Bonchev–Trinajstić information content (AvgIpc) is 2.48. The first-order valence-electron chi connectivity index (χ1n) is 7.68. The number of nitrogens with zero attached hydrogens (tertiary/aromatic N) is 1. The van der Waals surface area contributed by atoms with Crippen molar-refractivity contribution >= 4 is 11.6 Å². The Labute approximate surface area is 121 Å². The zero-order valence-corrected chi connectivity index (χ0v) is 12.3. The third-order valence-electron chi connectivity index (χ3n) is 4.19. The number of carbonyl (C=O) groups excluding carboxylic acids is 1. The lowest BCUT2D eigenvalue weighted by molar-refractivity contribution is -0.121. The summed E-state index contributed by atoms with van der Waals surface area (Å²) in [4.78, 5) is 16.3. The van der Waals surface area contributed by atoms with E-state index in [4.69, 9.17) is 5.73 Å². The molecule has 4 nitrogen and oxygen atoms in total. The Balaban J connectivity index is 1.86. The second-order valence-electron chi connectivity index (χ2n) is 5.74. The molecule has 4 heteroatoms. The molecule has 1 aliphatic carbocycles. The number of pyridine rings is 1. The largest absolute Gasteiger partial charge is 0.397 e. The summed E-state index contributed by atoms with van der Waals surface area (Å²) in [6, 6.07) is 3.92. The van der Waals surface area contributed by atoms with E-state index < -0.39 is 0 Å². The fraction of sp³-hybridized carbons (Fsp3) is 0.625. The number of aromatic nitrogens is 1. The summed E-state index contributed by atoms with van der Waals surface area (Å²) in [5, 5.41) is 3.19. The highest BCUT2D eigenvalue weighted by atomic mass is 16.1. The lowest BCUT2D eigenvalue weighted by Gasteiger charge is -2.30. The van der Waals surface area contributed by atoms with E-state index in [1.54, 1.807) is 12.3 Å². The molecule has 1 aliphatic rings. The van der Waals surface area contributed by atoms with Crippen LogP contribution in [0, 0.1) is 5.92 Å². The van der Waals surface area contributed by atoms with Crippen LogP contribution in [0.3, 0.4) is 0 Å². The van der Waals surface area contributed by atoms with Gasteiger partial charge in [0.25, 0.3) is 0 Å². The maximum Gasteiger partial charge on any atom is 0.226 e. The molecule has 1 saturated carbocycles. The minimum absolute atomic E-state index is 0.0692. The fourth-order valence-corrected chi connectivity index (χ4v) is 3.05. The number of hydrogen-bond donors (Lipinski definition) is 2. The molecule has 0 aromatic carbocycles. The van der Waals surface area contributed by atoms with Crippen molar-refractivity contribution in [1.29, 1.82) is 0 Å². The molecule has 0 radical (unpaired) electrons. The number of nitrogens with one attached hydrogen (secondary N) is 1. The van der Waals surface area contributed by atoms with Crippen LogP contribution in [-0.2, 0) is 11.2 Å². The van der Waals surface area contributed by atoms with Gasteiger partial charge in [0, 0.05) is 11.7 Å². The summed E-state index contributed by atoms with van der Waals surface area (Å²) in [7, 11) is 0. The zero-order valence-electron chi connectivity index (χ0n) is 12.3. The Morgan fingerprint density at radius 3 is 2.75 bits per heavy atom. The van der Waals surface area contributed by atoms with Gasteiger partial charge in [0.2, 0.25) is 5.91 Å². The number of hydrogen-bond acceptors (Lipinski definition) is 3. The minimum Gasteiger partial charge on any atom is -0.397 e. The predicted molar refractivity (Wildman–Crippen MR) is 81.2 cm³/mol. The maximum atomic E-state index is 12.1. The van der Waals surface area contributed by atoms with Crippen LogP contribution in [0.25, 0.3) is 0 Å². The van der Waals surface area contributed by atoms with Crippen LogP contribution in [0.2, 0.25) is 0 Å². The van der Waals surface area contributed by atoms with E-state index in [9.17, 15) is 4.79 Å². The van der Waals surface area contributed by atoms with Crippen LogP contribution >= 0.6 is 0 Å². The third-order valence-corrected chi connectivity index (χ3v) is 4.19. The number of rotatable bonds is 5. The molecule has 110 valence electrons. The number of carbonyl (C=O) groups is 1. The van der Waals surface area contributed by atoms with Crippen molar-refractivity contribution in [2.75, 3.05) is 5.73 Å². The van der Waals surface area contributed by atoms with Gasteiger partial charge in [-0.3, -0.25) is 9.78 Å². The van der Waals surface area contributed by atoms with Crippen molar-refractivity contribution < 1.29 is 4.79 Å². The molecular weight excluding hydrogens is 250 g/mol. The van der Waals surface area contributed by atoms with Crippen LogP contribution in [0.5, 0.6) is 0 Å². The van der Waals surface area contributed by atoms with Crippen LogP contribution in [0.1, 0.15) is 51.1 Å². The summed E-state index contributed by atoms with van der Waals surface area (Å²) in [6.45, 7) is 2.15. The molecule has 0 aliphatic heterocycles. The first-order chi connectivity index (χ1) is 9.69. The molecule has 1 aromatic rings. The molecule has 1 aromatic heterocycles. The van der Waals surface area contributed by atoms with Crippen molar-refractivity contribution in [2.45, 2.75) is 57.9 Å². The summed E-state index contributed by atoms with van der Waals surface area (Å²) in [5.41, 5.74) is 7.00. The second-order valence-corrected chi connectivity index (χ2v) is 5.74. The zero-order chi connectivity index (χ0) is 14.4. The highest BCUT2D eigenvalue weighted by Gasteiger charge is 2.23. The predicted octanol–water partition coefficient (Wildman–Crippen LogP) is 2.68. The number of nitrogen functional groups attached to an aromatic ring is 1. The quantitative estimate of drug-likeness (QED) is 0.868. The smallest absolute Gasteiger partial charge is 0.226 e. The molecule has 3 N–H and O–H groups in total. The van der Waals surface area contributed by atoms with Gasteiger partial charge in [0.05, 0.1) is 18.3 Å². The SMILES string of the molecule is CCC(NC(=O)Cc1ccc(N)cn1)C1CCCCC1. The van der Waals surface area contributed by atoms with Crippen molar-refractivity contribution in [3.8, 4) is 0 Å². The van der Waals surface area contributed by atoms with E-state index >= 15 is 0 Å². The molecule has 2 rings (SSSR count). The monoisotopic (exact) mass is 275 g/mol. The van der Waals surface area contributed by atoms with Gasteiger partial charge < -0.3 is 11.1 Å². The molecule has 0 spiro atoms. The normalized spacial score (nSPS) is 17.6. The lowest BCUT2D eigenvalue weighted by atomic mass is 9.83. The van der Waals surface area contributed by atoms with E-state index in [0.717, 1.165) is 12.1 Å². The van der Waals surface area contributed by atoms with E-state index in [-0.39, 0.29) is 5.91 Å². The van der Waals surface area contributed by atoms with Gasteiger partial charge in [0.1, 0.15) is 0 Å². The molecule has 1 heterocycles. The molecular formula is C16H25N3O. The van der Waals surface area contributed by atoms with E-state index in [2.05, 4.69) is 17.2 Å². The number of anilines is 1. The molecule has 1 fully saturated rings. The summed E-state index contributed by atoms with van der Waals surface area (Å²) < 4.78 is 0. The number of nitrogens with two attached hydrogens (primary N) is 1. The standard InChI is InChI=1S/C16H25N3O/c1-2-15(12-6-4-3-5-7-12)19-16(20)10-14-9-8-13(17)11-18-14/h8-9,11-12,15H,2-7,10,17H2,1H3,(H,19,20). The number of amides is 1. The fourth-order valence-electron chi connectivity index (χ4n) is 3.05. The Kier molecular flexibility index (Phi) is 5.39. The molecule has 1 amide bonds. The third kappa shape index (κ3) is 4.22. The first-order valence-corrected chi connectivity index (χ1v) is 7.68. The van der Waals surface area contributed by atoms with Crippen LogP contribution < -0.4 is 11.1 Å². The highest BCUT2D eigenvalue weighted by molar-refractivity contribution is 5.78. The van der Waals surface area contributed by atoms with Crippen LogP contribution in [0.4, 0.5) is 5.69 Å². The van der Waals surface area contributed by atoms with Crippen molar-refractivity contribution in [3.63, 3.8) is 0 Å². The maximum absolute atomic E-state index is 12.1. The second kappa shape index (κ2) is 7.27. The Bertz CT molecular complexity index is 424. The lowest BCUT2D eigenvalue weighted by Crippen LogP contribution is -2.41. The highest BCUT2D eigenvalue weighted by Crippen LogP contribution is 2.27. The van der Waals surface area contributed by atoms with Crippen molar-refractivity contribution in [1.82, 2.24) is 10.3 Å². The topological polar surface area (TPSA) is 68.0 Å². The van der Waals surface area contributed by atoms with Gasteiger partial charge in [-0.15, -0.1) is 0 Å². The molecule has 0 bridgehead atoms. The van der Waals surface area contributed by atoms with Gasteiger partial charge in [-0.1, -0.05) is 26.2 Å². The molecule has 1 unspecified atom stereocenters. The minimum atomic E-state index is 0.0692. The van der Waals surface area contributed by atoms with E-state index in [1.165, 1.54) is 32.1 Å². The summed E-state index contributed by atoms with van der Waals surface area (Å²) >= 11 is 0. The Hall–Kier alpha value is -1.58. The van der Waals surface area contributed by atoms with E-state index in [1.807, 2.05) is 6.07 Å². The first kappa shape index (κ1) is 14.8. The Morgan fingerprint density at radius 1 is 1.40 bits per heavy atom. The van der Waals surface area contributed by atoms with Crippen LogP contribution in [0.15, 0.2) is 18.3 Å². The van der Waals surface area contributed by atoms with Crippen molar-refractivity contribution in [3.05, 3.63) is 24.0 Å². The van der Waals surface area contributed by atoms with Gasteiger partial charge in [0.15, 0.2) is 0 Å². The van der Waals surface area contributed by atoms with Gasteiger partial charge >= 0.3 is 0 Å². The van der Waals surface area contributed by atoms with Gasteiger partial charge in [-0.25, -0.2) is 0 Å². The average molecular weight is 275 g/mol. The molecule has 20 heavy (non-hydrogen) atoms. The van der Waals surface area contributed by atoms with Crippen LogP contribution in [-0.4, -0.2) is 16.9 Å². The van der Waals surface area contributed by atoms with Crippen molar-refractivity contribution in [2.24, 2.45) is 5.92 Å². The van der Waals surface area contributed by atoms with Gasteiger partial charge in [-0.2, -0.15) is 0 Å². The summed E-state index contributed by atoms with van der Waals surface area (Å²) in [5.74, 6) is 0.719. The molecule has 1 atom stereocenters. The molecule has 0 saturated heterocycles. The summed E-state index contributed by atoms with van der Waals surface area (Å²) in [6.07, 6.45) is 9.39.